The molecule has 3 rings (SSSR count). The molecular formula is C15H11BrCl2N2. The zero-order chi connectivity index (χ0) is 14.1. The zero-order valence-corrected chi connectivity index (χ0v) is 13.6. The highest BCUT2D eigenvalue weighted by Crippen LogP contribution is 2.26. The van der Waals surface area contributed by atoms with Crippen LogP contribution in [0.2, 0.25) is 5.02 Å². The van der Waals surface area contributed by atoms with Crippen LogP contribution in [0.1, 0.15) is 5.82 Å². The highest BCUT2D eigenvalue weighted by Gasteiger charge is 2.12. The molecule has 0 spiro atoms. The lowest BCUT2D eigenvalue weighted by Crippen LogP contribution is -2.02. The summed E-state index contributed by atoms with van der Waals surface area (Å²) in [4.78, 5) is 4.67. The standard InChI is InChI=1S/C15H11BrCl2N2/c16-10-4-5-14-13(8-10)19-15(6-7-17)20(14)12-3-1-2-11(18)9-12/h1-5,8-9H,6-7H2. The Morgan fingerprint density at radius 3 is 2.75 bits per heavy atom. The first kappa shape index (κ1) is 13.9. The van der Waals surface area contributed by atoms with Crippen molar-refractivity contribution in [2.75, 3.05) is 5.88 Å². The first-order valence-corrected chi connectivity index (χ1v) is 7.88. The van der Waals surface area contributed by atoms with E-state index in [9.17, 15) is 0 Å². The molecule has 0 aliphatic rings. The van der Waals surface area contributed by atoms with Crippen LogP contribution in [0.5, 0.6) is 0 Å². The smallest absolute Gasteiger partial charge is 0.115 e. The first-order chi connectivity index (χ1) is 9.69. The maximum absolute atomic E-state index is 6.10. The van der Waals surface area contributed by atoms with Crippen molar-refractivity contribution in [2.24, 2.45) is 0 Å². The van der Waals surface area contributed by atoms with Crippen LogP contribution in [0, 0.1) is 0 Å². The van der Waals surface area contributed by atoms with Crippen LogP contribution in [0.4, 0.5) is 0 Å². The Morgan fingerprint density at radius 1 is 1.15 bits per heavy atom. The lowest BCUT2D eigenvalue weighted by molar-refractivity contribution is 0.912. The van der Waals surface area contributed by atoms with Gasteiger partial charge in [0.25, 0.3) is 0 Å². The minimum absolute atomic E-state index is 0.533. The molecule has 0 amide bonds. The van der Waals surface area contributed by atoms with Crippen LogP contribution < -0.4 is 0 Å². The highest BCUT2D eigenvalue weighted by atomic mass is 79.9. The van der Waals surface area contributed by atoms with Gasteiger partial charge in [-0.3, -0.25) is 4.57 Å². The fraction of sp³-hybridized carbons (Fsp3) is 0.133. The van der Waals surface area contributed by atoms with Crippen LogP contribution in [-0.2, 0) is 6.42 Å². The molecular weight excluding hydrogens is 359 g/mol. The molecule has 0 saturated carbocycles. The predicted octanol–water partition coefficient (Wildman–Crippen LogP) is 5.22. The van der Waals surface area contributed by atoms with E-state index in [2.05, 4.69) is 25.5 Å². The van der Waals surface area contributed by atoms with Crippen molar-refractivity contribution in [3.05, 3.63) is 57.8 Å². The summed E-state index contributed by atoms with van der Waals surface area (Å²) >= 11 is 15.5. The van der Waals surface area contributed by atoms with E-state index in [0.717, 1.165) is 27.0 Å². The molecule has 0 atom stereocenters. The van der Waals surface area contributed by atoms with Gasteiger partial charge in [-0.15, -0.1) is 11.6 Å². The largest absolute Gasteiger partial charge is 0.296 e. The minimum atomic E-state index is 0.533. The summed E-state index contributed by atoms with van der Waals surface area (Å²) in [5, 5.41) is 0.707. The number of nitrogens with zero attached hydrogens (tertiary/aromatic N) is 2. The molecule has 1 aromatic heterocycles. The van der Waals surface area contributed by atoms with Crippen LogP contribution in [0.15, 0.2) is 46.9 Å². The maximum atomic E-state index is 6.10. The molecule has 0 unspecified atom stereocenters. The number of alkyl halides is 1. The van der Waals surface area contributed by atoms with E-state index in [1.54, 1.807) is 0 Å². The average molecular weight is 370 g/mol. The van der Waals surface area contributed by atoms with Gasteiger partial charge >= 0.3 is 0 Å². The predicted molar refractivity (Wildman–Crippen MR) is 88.2 cm³/mol. The molecule has 0 fully saturated rings. The number of aromatic nitrogens is 2. The summed E-state index contributed by atoms with van der Waals surface area (Å²) in [6, 6.07) is 13.8. The molecule has 1 heterocycles. The van der Waals surface area contributed by atoms with Gasteiger partial charge in [0.05, 0.1) is 11.0 Å². The Bertz CT molecular complexity index is 768. The van der Waals surface area contributed by atoms with Crippen molar-refractivity contribution in [3.8, 4) is 5.69 Å². The van der Waals surface area contributed by atoms with E-state index in [0.29, 0.717) is 17.3 Å². The molecule has 3 aromatic rings. The minimum Gasteiger partial charge on any atom is -0.296 e. The summed E-state index contributed by atoms with van der Waals surface area (Å²) in [6.45, 7) is 0. The summed E-state index contributed by atoms with van der Waals surface area (Å²) in [7, 11) is 0. The van der Waals surface area contributed by atoms with Gasteiger partial charge in [0.15, 0.2) is 0 Å². The Labute approximate surface area is 135 Å². The van der Waals surface area contributed by atoms with Crippen molar-refractivity contribution in [1.29, 1.82) is 0 Å². The normalized spacial score (nSPS) is 11.2. The molecule has 20 heavy (non-hydrogen) atoms. The third kappa shape index (κ3) is 2.58. The fourth-order valence-corrected chi connectivity index (χ4v) is 2.96. The van der Waals surface area contributed by atoms with Gasteiger partial charge in [0.2, 0.25) is 0 Å². The number of aryl methyl sites for hydroxylation is 1. The number of hydrogen-bond donors (Lipinski definition) is 0. The third-order valence-electron chi connectivity index (χ3n) is 3.07. The Kier molecular flexibility index (Phi) is 4.01. The van der Waals surface area contributed by atoms with E-state index >= 15 is 0 Å². The molecule has 0 radical (unpaired) electrons. The number of halogens is 3. The second kappa shape index (κ2) is 5.76. The number of imidazole rings is 1. The van der Waals surface area contributed by atoms with Gasteiger partial charge in [0.1, 0.15) is 5.82 Å². The molecule has 2 aromatic carbocycles. The van der Waals surface area contributed by atoms with Crippen LogP contribution in [0.25, 0.3) is 16.7 Å². The van der Waals surface area contributed by atoms with Crippen LogP contribution in [-0.4, -0.2) is 15.4 Å². The number of fused-ring (bicyclic) bond motifs is 1. The van der Waals surface area contributed by atoms with E-state index < -0.39 is 0 Å². The number of hydrogen-bond acceptors (Lipinski definition) is 1. The maximum Gasteiger partial charge on any atom is 0.115 e. The molecule has 0 aliphatic carbocycles. The lowest BCUT2D eigenvalue weighted by Gasteiger charge is -2.09. The van der Waals surface area contributed by atoms with Crippen molar-refractivity contribution in [1.82, 2.24) is 9.55 Å². The average Bonchev–Trinajstić information content (AvgIpc) is 2.76. The van der Waals surface area contributed by atoms with Gasteiger partial charge in [-0.25, -0.2) is 4.98 Å². The molecule has 0 N–H and O–H groups in total. The molecule has 0 bridgehead atoms. The molecule has 0 saturated heterocycles. The first-order valence-electron chi connectivity index (χ1n) is 6.18. The van der Waals surface area contributed by atoms with Crippen molar-refractivity contribution in [3.63, 3.8) is 0 Å². The van der Waals surface area contributed by atoms with Crippen molar-refractivity contribution < 1.29 is 0 Å². The quantitative estimate of drug-likeness (QED) is 0.578. The number of benzene rings is 2. The summed E-state index contributed by atoms with van der Waals surface area (Å²) < 4.78 is 3.12. The Balaban J connectivity index is 2.28. The van der Waals surface area contributed by atoms with E-state index in [4.69, 9.17) is 23.2 Å². The molecule has 5 heteroatoms. The zero-order valence-electron chi connectivity index (χ0n) is 10.5. The monoisotopic (exact) mass is 368 g/mol. The summed E-state index contributed by atoms with van der Waals surface area (Å²) in [5.74, 6) is 1.47. The molecule has 102 valence electrons. The topological polar surface area (TPSA) is 17.8 Å². The van der Waals surface area contributed by atoms with Gasteiger partial charge in [-0.1, -0.05) is 33.6 Å². The SMILES string of the molecule is ClCCc1nc2cc(Br)ccc2n1-c1cccc(Cl)c1. The Hall–Kier alpha value is -1.03. The van der Waals surface area contributed by atoms with Crippen LogP contribution in [0.3, 0.4) is 0 Å². The van der Waals surface area contributed by atoms with Gasteiger partial charge in [-0.05, 0) is 36.4 Å². The van der Waals surface area contributed by atoms with Crippen molar-refractivity contribution in [2.45, 2.75) is 6.42 Å². The van der Waals surface area contributed by atoms with E-state index in [1.807, 2.05) is 42.5 Å². The number of rotatable bonds is 3. The highest BCUT2D eigenvalue weighted by molar-refractivity contribution is 9.10. The summed E-state index contributed by atoms with van der Waals surface area (Å²) in [6.07, 6.45) is 0.709. The second-order valence-electron chi connectivity index (χ2n) is 4.42. The van der Waals surface area contributed by atoms with Gasteiger partial charge < -0.3 is 0 Å². The van der Waals surface area contributed by atoms with E-state index in [-0.39, 0.29) is 0 Å². The summed E-state index contributed by atoms with van der Waals surface area (Å²) in [5.41, 5.74) is 3.00. The van der Waals surface area contributed by atoms with Gasteiger partial charge in [0, 0.05) is 27.5 Å². The molecule has 2 nitrogen and oxygen atoms in total. The fourth-order valence-electron chi connectivity index (χ4n) is 2.26. The Morgan fingerprint density at radius 2 is 2.00 bits per heavy atom. The van der Waals surface area contributed by atoms with Gasteiger partial charge in [-0.2, -0.15) is 0 Å². The lowest BCUT2D eigenvalue weighted by atomic mass is 10.2. The molecule has 0 aliphatic heterocycles. The third-order valence-corrected chi connectivity index (χ3v) is 3.99. The van der Waals surface area contributed by atoms with Crippen molar-refractivity contribution >= 4 is 50.2 Å². The second-order valence-corrected chi connectivity index (χ2v) is 6.15. The van der Waals surface area contributed by atoms with E-state index in [1.165, 1.54) is 0 Å². The van der Waals surface area contributed by atoms with Crippen LogP contribution >= 0.6 is 39.1 Å².